The average molecular weight is 320 g/mol. The smallest absolute Gasteiger partial charge is 0.306 e. The Morgan fingerprint density at radius 2 is 2.14 bits per heavy atom. The van der Waals surface area contributed by atoms with Gasteiger partial charge in [-0.25, -0.2) is 4.98 Å². The maximum Gasteiger partial charge on any atom is 0.306 e. The summed E-state index contributed by atoms with van der Waals surface area (Å²) in [7, 11) is 0. The first kappa shape index (κ1) is 14.2. The first-order chi connectivity index (χ1) is 10.6. The molecule has 2 N–H and O–H groups in total. The van der Waals surface area contributed by atoms with E-state index in [1.165, 1.54) is 4.88 Å². The van der Waals surface area contributed by atoms with Crippen LogP contribution in [0.1, 0.15) is 48.6 Å². The molecule has 2 fully saturated rings. The molecule has 1 amide bonds. The van der Waals surface area contributed by atoms with Crippen LogP contribution in [0, 0.1) is 17.8 Å². The summed E-state index contributed by atoms with van der Waals surface area (Å²) >= 11 is 1.65. The van der Waals surface area contributed by atoms with E-state index in [0.29, 0.717) is 5.92 Å². The molecule has 1 heterocycles. The monoisotopic (exact) mass is 320 g/mol. The van der Waals surface area contributed by atoms with Crippen molar-refractivity contribution in [3.8, 4) is 0 Å². The van der Waals surface area contributed by atoms with Gasteiger partial charge in [-0.3, -0.25) is 9.59 Å². The number of hydrogen-bond donors (Lipinski definition) is 2. The highest BCUT2D eigenvalue weighted by atomic mass is 32.1. The number of hydrogen-bond acceptors (Lipinski definition) is 4. The highest BCUT2D eigenvalue weighted by molar-refractivity contribution is 7.09. The van der Waals surface area contributed by atoms with Crippen molar-refractivity contribution in [3.63, 3.8) is 0 Å². The molecule has 3 aliphatic rings. The maximum atomic E-state index is 12.6. The number of rotatable bonds is 3. The number of aliphatic carboxylic acids is 1. The van der Waals surface area contributed by atoms with Crippen LogP contribution in [0.25, 0.3) is 0 Å². The van der Waals surface area contributed by atoms with Crippen LogP contribution in [-0.2, 0) is 16.0 Å². The summed E-state index contributed by atoms with van der Waals surface area (Å²) < 4.78 is 0. The summed E-state index contributed by atoms with van der Waals surface area (Å²) in [6.07, 6.45) is 5.46. The van der Waals surface area contributed by atoms with E-state index in [2.05, 4.69) is 10.3 Å². The molecule has 118 valence electrons. The molecular formula is C16H20N2O3S. The van der Waals surface area contributed by atoms with Gasteiger partial charge < -0.3 is 10.4 Å². The van der Waals surface area contributed by atoms with Crippen molar-refractivity contribution in [2.45, 2.75) is 50.5 Å². The van der Waals surface area contributed by atoms with Crippen molar-refractivity contribution in [1.29, 1.82) is 0 Å². The zero-order valence-corrected chi connectivity index (χ0v) is 13.1. The molecule has 0 saturated heterocycles. The Kier molecular flexibility index (Phi) is 3.44. The minimum absolute atomic E-state index is 0.0938. The molecule has 4 rings (SSSR count). The Labute approximate surface area is 133 Å². The fraction of sp³-hybridized carbons (Fsp3) is 0.688. The molecule has 0 spiro atoms. The molecular weight excluding hydrogens is 300 g/mol. The number of aryl methyl sites for hydroxylation is 1. The van der Waals surface area contributed by atoms with E-state index in [1.807, 2.05) is 5.51 Å². The maximum absolute atomic E-state index is 12.6. The predicted molar refractivity (Wildman–Crippen MR) is 81.7 cm³/mol. The standard InChI is InChI=1S/C16H20N2O3S/c19-15(10-2-1-3-13-14(10)17-7-22-13)18-12-6-8-4-9(12)5-11(8)16(20)21/h7-12H,1-6H2,(H,18,19)(H,20,21)/t8-,9-,10?,11-,12-/m1/s1. The molecule has 5 nitrogen and oxygen atoms in total. The number of thiazole rings is 1. The molecule has 0 radical (unpaired) electrons. The Hall–Kier alpha value is -1.43. The number of amides is 1. The molecule has 3 aliphatic carbocycles. The fourth-order valence-corrected chi connectivity index (χ4v) is 5.52. The van der Waals surface area contributed by atoms with Crippen LogP contribution in [0.2, 0.25) is 0 Å². The molecule has 22 heavy (non-hydrogen) atoms. The third-order valence-corrected chi connectivity index (χ3v) is 6.63. The van der Waals surface area contributed by atoms with Crippen LogP contribution >= 0.6 is 11.3 Å². The van der Waals surface area contributed by atoms with Gasteiger partial charge in [-0.15, -0.1) is 11.3 Å². The number of carboxylic acids is 1. The molecule has 1 aromatic rings. The largest absolute Gasteiger partial charge is 0.481 e. The number of carboxylic acid groups (broad SMARTS) is 1. The van der Waals surface area contributed by atoms with E-state index >= 15 is 0 Å². The lowest BCUT2D eigenvalue weighted by molar-refractivity contribution is -0.143. The summed E-state index contributed by atoms with van der Waals surface area (Å²) in [6, 6.07) is 0.164. The summed E-state index contributed by atoms with van der Waals surface area (Å²) in [6.45, 7) is 0. The number of carbonyl (C=O) groups is 2. The van der Waals surface area contributed by atoms with E-state index in [-0.39, 0.29) is 29.7 Å². The van der Waals surface area contributed by atoms with Gasteiger partial charge in [0.2, 0.25) is 5.91 Å². The molecule has 1 unspecified atom stereocenters. The molecule has 0 aliphatic heterocycles. The van der Waals surface area contributed by atoms with Gasteiger partial charge in [-0.1, -0.05) is 0 Å². The highest BCUT2D eigenvalue weighted by Crippen LogP contribution is 2.48. The zero-order chi connectivity index (χ0) is 15.3. The lowest BCUT2D eigenvalue weighted by Gasteiger charge is -2.29. The van der Waals surface area contributed by atoms with Crippen LogP contribution in [-0.4, -0.2) is 28.0 Å². The van der Waals surface area contributed by atoms with Crippen LogP contribution in [0.4, 0.5) is 0 Å². The van der Waals surface area contributed by atoms with E-state index in [4.69, 9.17) is 0 Å². The van der Waals surface area contributed by atoms with Gasteiger partial charge in [-0.2, -0.15) is 0 Å². The van der Waals surface area contributed by atoms with Crippen LogP contribution in [0.5, 0.6) is 0 Å². The van der Waals surface area contributed by atoms with Crippen molar-refractivity contribution in [2.24, 2.45) is 17.8 Å². The zero-order valence-electron chi connectivity index (χ0n) is 12.3. The summed E-state index contributed by atoms with van der Waals surface area (Å²) in [5, 5.41) is 12.4. The third-order valence-electron chi connectivity index (χ3n) is 5.72. The second-order valence-electron chi connectivity index (χ2n) is 6.89. The minimum atomic E-state index is -0.670. The lowest BCUT2D eigenvalue weighted by Crippen LogP contribution is -2.43. The molecule has 0 aromatic carbocycles. The summed E-state index contributed by atoms with van der Waals surface area (Å²) in [4.78, 5) is 29.5. The Morgan fingerprint density at radius 3 is 2.86 bits per heavy atom. The van der Waals surface area contributed by atoms with Crippen molar-refractivity contribution in [3.05, 3.63) is 16.1 Å². The van der Waals surface area contributed by atoms with Crippen LogP contribution in [0.15, 0.2) is 5.51 Å². The van der Waals surface area contributed by atoms with Crippen LogP contribution < -0.4 is 5.32 Å². The summed E-state index contributed by atoms with van der Waals surface area (Å²) in [5.41, 5.74) is 2.81. The second kappa shape index (κ2) is 5.33. The molecule has 1 aromatic heterocycles. The predicted octanol–water partition coefficient (Wildman–Crippen LogP) is 2.18. The van der Waals surface area contributed by atoms with Crippen molar-refractivity contribution < 1.29 is 14.7 Å². The first-order valence-electron chi connectivity index (χ1n) is 8.09. The van der Waals surface area contributed by atoms with E-state index in [1.54, 1.807) is 11.3 Å². The van der Waals surface area contributed by atoms with Crippen LogP contribution in [0.3, 0.4) is 0 Å². The van der Waals surface area contributed by atoms with Gasteiger partial charge in [0.05, 0.1) is 23.0 Å². The van der Waals surface area contributed by atoms with Gasteiger partial charge in [0.25, 0.3) is 0 Å². The van der Waals surface area contributed by atoms with E-state index < -0.39 is 5.97 Å². The average Bonchev–Trinajstić information content (AvgIpc) is 3.20. The van der Waals surface area contributed by atoms with Gasteiger partial charge in [0.15, 0.2) is 0 Å². The SMILES string of the molecule is O=C(N[C@@H]1C[C@H]2C[C@@H]1C[C@H]2C(=O)O)C1CCCc2scnc21. The number of nitrogens with one attached hydrogen (secondary N) is 1. The first-order valence-corrected chi connectivity index (χ1v) is 8.97. The minimum Gasteiger partial charge on any atom is -0.481 e. The molecule has 6 heteroatoms. The summed E-state index contributed by atoms with van der Waals surface area (Å²) in [5.74, 6) is -0.294. The number of aromatic nitrogens is 1. The highest BCUT2D eigenvalue weighted by Gasteiger charge is 2.49. The van der Waals surface area contributed by atoms with E-state index in [0.717, 1.165) is 44.2 Å². The Balaban J connectivity index is 1.42. The Bertz CT molecular complexity index is 614. The molecule has 2 saturated carbocycles. The van der Waals surface area contributed by atoms with Crippen molar-refractivity contribution in [1.82, 2.24) is 10.3 Å². The third kappa shape index (κ3) is 2.24. The topological polar surface area (TPSA) is 79.3 Å². The quantitative estimate of drug-likeness (QED) is 0.894. The fourth-order valence-electron chi connectivity index (χ4n) is 4.65. The van der Waals surface area contributed by atoms with Crippen molar-refractivity contribution in [2.75, 3.05) is 0 Å². The van der Waals surface area contributed by atoms with Gasteiger partial charge >= 0.3 is 5.97 Å². The van der Waals surface area contributed by atoms with Gasteiger partial charge in [0, 0.05) is 10.9 Å². The van der Waals surface area contributed by atoms with E-state index in [9.17, 15) is 14.7 Å². The number of nitrogens with zero attached hydrogens (tertiary/aromatic N) is 1. The second-order valence-corrected chi connectivity index (χ2v) is 7.83. The Morgan fingerprint density at radius 1 is 1.27 bits per heavy atom. The molecule has 2 bridgehead atoms. The molecule has 5 atom stereocenters. The van der Waals surface area contributed by atoms with Gasteiger partial charge in [0.1, 0.15) is 0 Å². The van der Waals surface area contributed by atoms with Gasteiger partial charge in [-0.05, 0) is 50.4 Å². The lowest BCUT2D eigenvalue weighted by atomic mass is 9.85. The van der Waals surface area contributed by atoms with Crippen molar-refractivity contribution >= 4 is 23.2 Å². The normalized spacial score (nSPS) is 36.1. The number of carbonyl (C=O) groups excluding carboxylic acids is 1. The number of fused-ring (bicyclic) bond motifs is 3.